The van der Waals surface area contributed by atoms with Crippen LogP contribution in [0.2, 0.25) is 0 Å². The molecule has 0 fully saturated rings. The van der Waals surface area contributed by atoms with Crippen molar-refractivity contribution in [1.29, 1.82) is 0 Å². The molecule has 1 N–H and O–H groups in total. The molecule has 0 aliphatic carbocycles. The van der Waals surface area contributed by atoms with Crippen LogP contribution in [-0.2, 0) is 6.54 Å². The molecule has 3 aromatic rings. The highest BCUT2D eigenvalue weighted by Crippen LogP contribution is 2.24. The monoisotopic (exact) mass is 297 g/mol. The second kappa shape index (κ2) is 5.79. The number of halogens is 1. The van der Waals surface area contributed by atoms with Gasteiger partial charge in [-0.2, -0.15) is 0 Å². The molecule has 1 aromatic heterocycles. The van der Waals surface area contributed by atoms with Crippen molar-refractivity contribution < 1.29 is 4.39 Å². The summed E-state index contributed by atoms with van der Waals surface area (Å²) in [6.07, 6.45) is 0. The molecule has 114 valence electrons. The summed E-state index contributed by atoms with van der Waals surface area (Å²) in [5.41, 5.74) is 5.43. The van der Waals surface area contributed by atoms with Crippen LogP contribution >= 0.6 is 0 Å². The Morgan fingerprint density at radius 1 is 1.14 bits per heavy atom. The Bertz CT molecular complexity index is 821. The second-order valence-corrected chi connectivity index (χ2v) is 5.61. The van der Waals surface area contributed by atoms with Crippen molar-refractivity contribution >= 4 is 17.0 Å². The average Bonchev–Trinajstić information content (AvgIpc) is 2.78. The zero-order chi connectivity index (χ0) is 15.7. The second-order valence-electron chi connectivity index (χ2n) is 5.61. The number of imidazole rings is 1. The van der Waals surface area contributed by atoms with Crippen molar-refractivity contribution in [3.8, 4) is 0 Å². The van der Waals surface area contributed by atoms with Gasteiger partial charge in [0.1, 0.15) is 5.82 Å². The number of fused-ring (bicyclic) bond motifs is 1. The standard InChI is InChI=1S/C18H20FN3/c1-4-20-18-21-16-8-12(2)13(3)9-17(16)22(18)11-14-6-5-7-15(19)10-14/h5-10H,4,11H2,1-3H3,(H,20,21). The Labute approximate surface area is 129 Å². The van der Waals surface area contributed by atoms with Gasteiger partial charge in [0, 0.05) is 6.54 Å². The minimum absolute atomic E-state index is 0.209. The molecule has 2 aromatic carbocycles. The van der Waals surface area contributed by atoms with Crippen molar-refractivity contribution in [2.75, 3.05) is 11.9 Å². The lowest BCUT2D eigenvalue weighted by atomic mass is 10.1. The summed E-state index contributed by atoms with van der Waals surface area (Å²) in [4.78, 5) is 4.68. The summed E-state index contributed by atoms with van der Waals surface area (Å²) in [7, 11) is 0. The maximum atomic E-state index is 13.4. The Morgan fingerprint density at radius 3 is 2.64 bits per heavy atom. The van der Waals surface area contributed by atoms with Crippen molar-refractivity contribution in [2.24, 2.45) is 0 Å². The SMILES string of the molecule is CCNc1nc2cc(C)c(C)cc2n1Cc1cccc(F)c1. The molecule has 0 unspecified atom stereocenters. The Balaban J connectivity index is 2.12. The number of aryl methyl sites for hydroxylation is 2. The summed E-state index contributed by atoms with van der Waals surface area (Å²) in [5, 5.41) is 3.30. The quantitative estimate of drug-likeness (QED) is 0.779. The van der Waals surface area contributed by atoms with E-state index in [1.165, 1.54) is 17.2 Å². The fourth-order valence-corrected chi connectivity index (χ4v) is 2.65. The Hall–Kier alpha value is -2.36. The van der Waals surface area contributed by atoms with Gasteiger partial charge in [0.15, 0.2) is 0 Å². The topological polar surface area (TPSA) is 29.9 Å². The van der Waals surface area contributed by atoms with Crippen molar-refractivity contribution in [3.63, 3.8) is 0 Å². The third-order valence-electron chi connectivity index (χ3n) is 3.93. The van der Waals surface area contributed by atoms with E-state index in [0.29, 0.717) is 6.54 Å². The first kappa shape index (κ1) is 14.6. The zero-order valence-corrected chi connectivity index (χ0v) is 13.2. The van der Waals surface area contributed by atoms with E-state index in [4.69, 9.17) is 0 Å². The van der Waals surface area contributed by atoms with E-state index in [0.717, 1.165) is 29.1 Å². The molecule has 0 bridgehead atoms. The summed E-state index contributed by atoms with van der Waals surface area (Å²) < 4.78 is 15.5. The lowest BCUT2D eigenvalue weighted by molar-refractivity contribution is 0.624. The third kappa shape index (κ3) is 2.69. The summed E-state index contributed by atoms with van der Waals surface area (Å²) in [5.74, 6) is 0.616. The van der Waals surface area contributed by atoms with Crippen molar-refractivity contribution in [2.45, 2.75) is 27.3 Å². The van der Waals surface area contributed by atoms with Crippen LogP contribution in [-0.4, -0.2) is 16.1 Å². The summed E-state index contributed by atoms with van der Waals surface area (Å²) in [6.45, 7) is 7.63. The number of rotatable bonds is 4. The molecular weight excluding hydrogens is 277 g/mol. The van der Waals surface area contributed by atoms with E-state index < -0.39 is 0 Å². The Morgan fingerprint density at radius 2 is 1.91 bits per heavy atom. The molecule has 3 nitrogen and oxygen atoms in total. The van der Waals surface area contributed by atoms with Crippen LogP contribution in [0, 0.1) is 19.7 Å². The molecule has 4 heteroatoms. The predicted molar refractivity (Wildman–Crippen MR) is 88.9 cm³/mol. The number of hydrogen-bond donors (Lipinski definition) is 1. The van der Waals surface area contributed by atoms with Gasteiger partial charge >= 0.3 is 0 Å². The fraction of sp³-hybridized carbons (Fsp3) is 0.278. The number of hydrogen-bond acceptors (Lipinski definition) is 2. The molecule has 0 aliphatic heterocycles. The number of nitrogens with one attached hydrogen (secondary N) is 1. The van der Waals surface area contributed by atoms with E-state index >= 15 is 0 Å². The zero-order valence-electron chi connectivity index (χ0n) is 13.2. The molecular formula is C18H20FN3. The minimum Gasteiger partial charge on any atom is -0.356 e. The molecule has 0 amide bonds. The highest BCUT2D eigenvalue weighted by molar-refractivity contribution is 5.80. The Kier molecular flexibility index (Phi) is 3.84. The van der Waals surface area contributed by atoms with Gasteiger partial charge in [-0.1, -0.05) is 12.1 Å². The van der Waals surface area contributed by atoms with Gasteiger partial charge in [-0.3, -0.25) is 0 Å². The van der Waals surface area contributed by atoms with Crippen LogP contribution in [0.5, 0.6) is 0 Å². The third-order valence-corrected chi connectivity index (χ3v) is 3.93. The first-order chi connectivity index (χ1) is 10.6. The molecule has 22 heavy (non-hydrogen) atoms. The highest BCUT2D eigenvalue weighted by atomic mass is 19.1. The van der Waals surface area contributed by atoms with Gasteiger partial charge in [-0.25, -0.2) is 9.37 Å². The normalized spacial score (nSPS) is 11.1. The highest BCUT2D eigenvalue weighted by Gasteiger charge is 2.12. The number of anilines is 1. The smallest absolute Gasteiger partial charge is 0.204 e. The van der Waals surface area contributed by atoms with Gasteiger partial charge in [-0.15, -0.1) is 0 Å². The molecule has 0 radical (unpaired) electrons. The largest absolute Gasteiger partial charge is 0.356 e. The summed E-state index contributed by atoms with van der Waals surface area (Å²) >= 11 is 0. The van der Waals surface area contributed by atoms with E-state index in [-0.39, 0.29) is 5.82 Å². The molecule has 0 aliphatic rings. The van der Waals surface area contributed by atoms with Crippen molar-refractivity contribution in [1.82, 2.24) is 9.55 Å². The lowest BCUT2D eigenvalue weighted by Gasteiger charge is -2.10. The van der Waals surface area contributed by atoms with Gasteiger partial charge in [0.2, 0.25) is 5.95 Å². The van der Waals surface area contributed by atoms with Crippen LogP contribution in [0.4, 0.5) is 10.3 Å². The molecule has 0 saturated carbocycles. The first-order valence-electron chi connectivity index (χ1n) is 7.54. The van der Waals surface area contributed by atoms with Crippen molar-refractivity contribution in [3.05, 3.63) is 58.9 Å². The molecule has 0 atom stereocenters. The van der Waals surface area contributed by atoms with Crippen LogP contribution in [0.25, 0.3) is 11.0 Å². The maximum absolute atomic E-state index is 13.4. The van der Waals surface area contributed by atoms with Crippen LogP contribution in [0.3, 0.4) is 0 Å². The van der Waals surface area contributed by atoms with Gasteiger partial charge in [0.05, 0.1) is 17.6 Å². The van der Waals surface area contributed by atoms with Gasteiger partial charge in [-0.05, 0) is 61.7 Å². The average molecular weight is 297 g/mol. The van der Waals surface area contributed by atoms with E-state index in [1.807, 2.05) is 13.0 Å². The van der Waals surface area contributed by atoms with Crippen LogP contribution < -0.4 is 5.32 Å². The van der Waals surface area contributed by atoms with E-state index in [2.05, 4.69) is 40.8 Å². The van der Waals surface area contributed by atoms with Gasteiger partial charge in [0.25, 0.3) is 0 Å². The maximum Gasteiger partial charge on any atom is 0.204 e. The number of nitrogens with zero attached hydrogens (tertiary/aromatic N) is 2. The van der Waals surface area contributed by atoms with E-state index in [1.54, 1.807) is 12.1 Å². The van der Waals surface area contributed by atoms with E-state index in [9.17, 15) is 4.39 Å². The number of benzene rings is 2. The minimum atomic E-state index is -0.209. The van der Waals surface area contributed by atoms with Crippen LogP contribution in [0.15, 0.2) is 36.4 Å². The predicted octanol–water partition coefficient (Wildman–Crippen LogP) is 4.27. The molecule has 0 saturated heterocycles. The number of aromatic nitrogens is 2. The van der Waals surface area contributed by atoms with Gasteiger partial charge < -0.3 is 9.88 Å². The molecule has 0 spiro atoms. The molecule has 1 heterocycles. The van der Waals surface area contributed by atoms with Crippen LogP contribution in [0.1, 0.15) is 23.6 Å². The molecule has 3 rings (SSSR count). The first-order valence-corrected chi connectivity index (χ1v) is 7.54. The lowest BCUT2D eigenvalue weighted by Crippen LogP contribution is -2.08. The summed E-state index contributed by atoms with van der Waals surface area (Å²) in [6, 6.07) is 11.0. The fourth-order valence-electron chi connectivity index (χ4n) is 2.65.